The summed E-state index contributed by atoms with van der Waals surface area (Å²) in [6.07, 6.45) is 6.01. The molecule has 1 saturated heterocycles. The lowest BCUT2D eigenvalue weighted by Gasteiger charge is -2.38. The van der Waals surface area contributed by atoms with Crippen molar-refractivity contribution in [3.63, 3.8) is 0 Å². The van der Waals surface area contributed by atoms with E-state index in [0.717, 1.165) is 0 Å². The molecule has 2 rings (SSSR count). The van der Waals surface area contributed by atoms with Gasteiger partial charge >= 0.3 is 5.97 Å². The first-order valence-corrected chi connectivity index (χ1v) is 6.63. The van der Waals surface area contributed by atoms with Gasteiger partial charge in [-0.1, -0.05) is 19.3 Å². The molecule has 0 bridgehead atoms. The highest BCUT2D eigenvalue weighted by molar-refractivity contribution is 5.66. The zero-order valence-electron chi connectivity index (χ0n) is 10.4. The number of ether oxygens (including phenoxy) is 2. The third-order valence-electron chi connectivity index (χ3n) is 3.87. The summed E-state index contributed by atoms with van der Waals surface area (Å²) in [5.74, 6) is 0.257. The number of hydrogen-bond acceptors (Lipinski definition) is 4. The van der Waals surface area contributed by atoms with Crippen molar-refractivity contribution in [2.75, 3.05) is 6.61 Å². The maximum absolute atomic E-state index is 11.0. The molecule has 1 aliphatic carbocycles. The minimum absolute atomic E-state index is 0.156. The SMILES string of the molecule is CC(=O)O[C@@H]1C[C@@H](C2CCCCC2)OC[C@H]1O. The number of esters is 1. The van der Waals surface area contributed by atoms with E-state index in [1.165, 1.54) is 39.0 Å². The van der Waals surface area contributed by atoms with Crippen LogP contribution in [0.5, 0.6) is 0 Å². The van der Waals surface area contributed by atoms with Gasteiger partial charge in [0, 0.05) is 13.3 Å². The molecule has 1 N–H and O–H groups in total. The minimum Gasteiger partial charge on any atom is -0.460 e. The minimum atomic E-state index is -0.668. The lowest BCUT2D eigenvalue weighted by molar-refractivity contribution is -0.176. The fraction of sp³-hybridized carbons (Fsp3) is 0.923. The number of aliphatic hydroxyl groups excluding tert-OH is 1. The highest BCUT2D eigenvalue weighted by Gasteiger charge is 2.36. The average molecular weight is 242 g/mol. The van der Waals surface area contributed by atoms with Crippen molar-refractivity contribution in [3.05, 3.63) is 0 Å². The molecule has 0 aromatic heterocycles. The molecule has 0 spiro atoms. The third kappa shape index (κ3) is 3.42. The van der Waals surface area contributed by atoms with Crippen molar-refractivity contribution in [1.82, 2.24) is 0 Å². The summed E-state index contributed by atoms with van der Waals surface area (Å²) in [5, 5.41) is 9.73. The highest BCUT2D eigenvalue weighted by atomic mass is 16.6. The van der Waals surface area contributed by atoms with Gasteiger partial charge in [-0.05, 0) is 18.8 Å². The molecule has 0 amide bonds. The molecule has 2 aliphatic rings. The fourth-order valence-electron chi connectivity index (χ4n) is 2.96. The van der Waals surface area contributed by atoms with Gasteiger partial charge in [0.05, 0.1) is 12.7 Å². The molecular formula is C13H22O4. The normalized spacial score (nSPS) is 35.5. The van der Waals surface area contributed by atoms with Crippen molar-refractivity contribution in [2.24, 2.45) is 5.92 Å². The smallest absolute Gasteiger partial charge is 0.302 e. The number of rotatable bonds is 2. The van der Waals surface area contributed by atoms with Crippen LogP contribution in [0.4, 0.5) is 0 Å². The Hall–Kier alpha value is -0.610. The Labute approximate surface area is 102 Å². The topological polar surface area (TPSA) is 55.8 Å². The molecule has 4 nitrogen and oxygen atoms in total. The molecule has 0 aromatic rings. The first-order valence-electron chi connectivity index (χ1n) is 6.63. The maximum Gasteiger partial charge on any atom is 0.302 e. The zero-order chi connectivity index (χ0) is 12.3. The zero-order valence-corrected chi connectivity index (χ0v) is 10.4. The number of hydrogen-bond donors (Lipinski definition) is 1. The quantitative estimate of drug-likeness (QED) is 0.748. The van der Waals surface area contributed by atoms with Gasteiger partial charge in [0.1, 0.15) is 12.2 Å². The van der Waals surface area contributed by atoms with Gasteiger partial charge in [0.15, 0.2) is 0 Å². The molecule has 3 atom stereocenters. The molecule has 2 fully saturated rings. The summed E-state index contributed by atoms with van der Waals surface area (Å²) >= 11 is 0. The van der Waals surface area contributed by atoms with E-state index in [0.29, 0.717) is 18.9 Å². The second kappa shape index (κ2) is 5.83. The van der Waals surface area contributed by atoms with Crippen LogP contribution in [-0.4, -0.2) is 36.0 Å². The molecular weight excluding hydrogens is 220 g/mol. The summed E-state index contributed by atoms with van der Waals surface area (Å²) in [6, 6.07) is 0. The van der Waals surface area contributed by atoms with Crippen LogP contribution in [0.3, 0.4) is 0 Å². The van der Waals surface area contributed by atoms with Crippen molar-refractivity contribution in [1.29, 1.82) is 0 Å². The molecule has 1 saturated carbocycles. The molecule has 1 aliphatic heterocycles. The van der Waals surface area contributed by atoms with Crippen molar-refractivity contribution in [3.8, 4) is 0 Å². The third-order valence-corrected chi connectivity index (χ3v) is 3.87. The second-order valence-corrected chi connectivity index (χ2v) is 5.22. The van der Waals surface area contributed by atoms with Crippen molar-refractivity contribution >= 4 is 5.97 Å². The Morgan fingerprint density at radius 2 is 2.00 bits per heavy atom. The van der Waals surface area contributed by atoms with Gasteiger partial charge < -0.3 is 14.6 Å². The Kier molecular flexibility index (Phi) is 4.40. The van der Waals surface area contributed by atoms with Crippen molar-refractivity contribution in [2.45, 2.75) is 63.8 Å². The lowest BCUT2D eigenvalue weighted by Crippen LogP contribution is -2.46. The second-order valence-electron chi connectivity index (χ2n) is 5.22. The molecule has 98 valence electrons. The number of carbonyl (C=O) groups excluding carboxylic acids is 1. The van der Waals surface area contributed by atoms with E-state index in [2.05, 4.69) is 0 Å². The Bertz CT molecular complexity index is 260. The van der Waals surface area contributed by atoms with Crippen LogP contribution < -0.4 is 0 Å². The highest BCUT2D eigenvalue weighted by Crippen LogP contribution is 2.33. The van der Waals surface area contributed by atoms with E-state index in [1.807, 2.05) is 0 Å². The number of carbonyl (C=O) groups is 1. The van der Waals surface area contributed by atoms with E-state index in [9.17, 15) is 9.90 Å². The van der Waals surface area contributed by atoms with Crippen LogP contribution >= 0.6 is 0 Å². The molecule has 0 aromatic carbocycles. The Morgan fingerprint density at radius 3 is 2.65 bits per heavy atom. The van der Waals surface area contributed by atoms with E-state index >= 15 is 0 Å². The maximum atomic E-state index is 11.0. The monoisotopic (exact) mass is 242 g/mol. The first-order chi connectivity index (χ1) is 8.16. The lowest BCUT2D eigenvalue weighted by atomic mass is 9.82. The van der Waals surface area contributed by atoms with Crippen LogP contribution in [0.2, 0.25) is 0 Å². The summed E-state index contributed by atoms with van der Waals surface area (Å²) in [5.41, 5.74) is 0. The molecule has 4 heteroatoms. The van der Waals surface area contributed by atoms with Gasteiger partial charge in [-0.15, -0.1) is 0 Å². The summed E-state index contributed by atoms with van der Waals surface area (Å²) in [7, 11) is 0. The Morgan fingerprint density at radius 1 is 1.29 bits per heavy atom. The van der Waals surface area contributed by atoms with E-state index < -0.39 is 6.10 Å². The summed E-state index contributed by atoms with van der Waals surface area (Å²) < 4.78 is 10.9. The van der Waals surface area contributed by atoms with Gasteiger partial charge in [-0.25, -0.2) is 0 Å². The molecule has 1 heterocycles. The van der Waals surface area contributed by atoms with Crippen LogP contribution in [0.1, 0.15) is 45.4 Å². The van der Waals surface area contributed by atoms with Crippen LogP contribution in [-0.2, 0) is 14.3 Å². The largest absolute Gasteiger partial charge is 0.460 e. The van der Waals surface area contributed by atoms with E-state index in [1.54, 1.807) is 0 Å². The Balaban J connectivity index is 1.89. The molecule has 17 heavy (non-hydrogen) atoms. The van der Waals surface area contributed by atoms with E-state index in [4.69, 9.17) is 9.47 Å². The van der Waals surface area contributed by atoms with Gasteiger partial charge in [-0.2, -0.15) is 0 Å². The predicted octanol–water partition coefficient (Wildman–Crippen LogP) is 1.65. The predicted molar refractivity (Wildman–Crippen MR) is 62.5 cm³/mol. The van der Waals surface area contributed by atoms with Gasteiger partial charge in [0.2, 0.25) is 0 Å². The average Bonchev–Trinajstić information content (AvgIpc) is 2.32. The molecule has 0 unspecified atom stereocenters. The fourth-order valence-corrected chi connectivity index (χ4v) is 2.96. The van der Waals surface area contributed by atoms with Gasteiger partial charge in [-0.3, -0.25) is 4.79 Å². The van der Waals surface area contributed by atoms with Crippen LogP contribution in [0, 0.1) is 5.92 Å². The first kappa shape index (κ1) is 12.8. The molecule has 0 radical (unpaired) electrons. The van der Waals surface area contributed by atoms with Crippen molar-refractivity contribution < 1.29 is 19.4 Å². The van der Waals surface area contributed by atoms with E-state index in [-0.39, 0.29) is 18.2 Å². The summed E-state index contributed by atoms with van der Waals surface area (Å²) in [6.45, 7) is 1.68. The van der Waals surface area contributed by atoms with Crippen LogP contribution in [0.15, 0.2) is 0 Å². The number of aliphatic hydroxyl groups is 1. The summed E-state index contributed by atoms with van der Waals surface area (Å²) in [4.78, 5) is 11.0. The van der Waals surface area contributed by atoms with Gasteiger partial charge in [0.25, 0.3) is 0 Å². The van der Waals surface area contributed by atoms with Crippen LogP contribution in [0.25, 0.3) is 0 Å². The standard InChI is InChI=1S/C13H22O4/c1-9(14)17-13-7-12(16-8-11(13)15)10-5-3-2-4-6-10/h10-13,15H,2-8H2,1H3/t11-,12+,13-/m1/s1.